The second-order valence-corrected chi connectivity index (χ2v) is 4.71. The summed E-state index contributed by atoms with van der Waals surface area (Å²) in [6, 6.07) is 0.420. The fourth-order valence-electron chi connectivity index (χ4n) is 2.38. The van der Waals surface area contributed by atoms with Gasteiger partial charge in [0, 0.05) is 19.2 Å². The van der Waals surface area contributed by atoms with Crippen molar-refractivity contribution < 1.29 is 5.11 Å². The standard InChI is InChI=1S/C12H26N2O/c1-2-11-10-14(8-6-12(11)13)7-4-3-5-9-15/h11-12,15H,2-10,13H2,1H3. The lowest BCUT2D eigenvalue weighted by Crippen LogP contribution is -2.47. The van der Waals surface area contributed by atoms with Crippen molar-refractivity contribution in [1.82, 2.24) is 4.90 Å². The number of likely N-dealkylation sites (tertiary alicyclic amines) is 1. The predicted molar refractivity (Wildman–Crippen MR) is 63.8 cm³/mol. The van der Waals surface area contributed by atoms with E-state index in [2.05, 4.69) is 11.8 Å². The molecule has 0 aliphatic carbocycles. The number of piperidine rings is 1. The van der Waals surface area contributed by atoms with E-state index in [0.717, 1.165) is 25.8 Å². The van der Waals surface area contributed by atoms with Crippen LogP contribution in [0.15, 0.2) is 0 Å². The molecule has 0 aromatic heterocycles. The Morgan fingerprint density at radius 1 is 1.33 bits per heavy atom. The smallest absolute Gasteiger partial charge is 0.0431 e. The van der Waals surface area contributed by atoms with E-state index in [1.807, 2.05) is 0 Å². The zero-order chi connectivity index (χ0) is 11.1. The zero-order valence-electron chi connectivity index (χ0n) is 9.99. The molecule has 0 amide bonds. The van der Waals surface area contributed by atoms with Crippen LogP contribution >= 0.6 is 0 Å². The minimum atomic E-state index is 0.336. The molecule has 1 rings (SSSR count). The summed E-state index contributed by atoms with van der Waals surface area (Å²) in [6.07, 6.45) is 5.67. The van der Waals surface area contributed by atoms with Crippen molar-refractivity contribution in [1.29, 1.82) is 0 Å². The van der Waals surface area contributed by atoms with Gasteiger partial charge in [-0.05, 0) is 44.7 Å². The summed E-state index contributed by atoms with van der Waals surface area (Å²) in [7, 11) is 0. The number of nitrogens with two attached hydrogens (primary N) is 1. The van der Waals surface area contributed by atoms with Gasteiger partial charge in [0.2, 0.25) is 0 Å². The third kappa shape index (κ3) is 4.49. The van der Waals surface area contributed by atoms with Gasteiger partial charge in [0.15, 0.2) is 0 Å². The lowest BCUT2D eigenvalue weighted by Gasteiger charge is -2.36. The second kappa shape index (κ2) is 7.20. The van der Waals surface area contributed by atoms with Crippen molar-refractivity contribution in [2.45, 2.75) is 45.1 Å². The van der Waals surface area contributed by atoms with Crippen LogP contribution < -0.4 is 5.73 Å². The molecule has 3 N–H and O–H groups in total. The monoisotopic (exact) mass is 214 g/mol. The Hall–Kier alpha value is -0.120. The first kappa shape index (κ1) is 12.9. The molecule has 0 radical (unpaired) electrons. The second-order valence-electron chi connectivity index (χ2n) is 4.71. The summed E-state index contributed by atoms with van der Waals surface area (Å²) in [5.41, 5.74) is 6.07. The lowest BCUT2D eigenvalue weighted by atomic mass is 9.90. The van der Waals surface area contributed by atoms with Crippen LogP contribution in [0, 0.1) is 5.92 Å². The Morgan fingerprint density at radius 2 is 2.13 bits per heavy atom. The van der Waals surface area contributed by atoms with Crippen LogP contribution in [0.1, 0.15) is 39.0 Å². The van der Waals surface area contributed by atoms with E-state index < -0.39 is 0 Å². The average Bonchev–Trinajstić information content (AvgIpc) is 2.26. The number of aliphatic hydroxyl groups is 1. The minimum absolute atomic E-state index is 0.336. The van der Waals surface area contributed by atoms with E-state index >= 15 is 0 Å². The number of nitrogens with zero attached hydrogens (tertiary/aromatic N) is 1. The van der Waals surface area contributed by atoms with Crippen LogP contribution in [-0.4, -0.2) is 42.3 Å². The van der Waals surface area contributed by atoms with Crippen molar-refractivity contribution in [2.24, 2.45) is 11.7 Å². The molecule has 0 spiro atoms. The topological polar surface area (TPSA) is 49.5 Å². The van der Waals surface area contributed by atoms with Crippen LogP contribution in [0.5, 0.6) is 0 Å². The van der Waals surface area contributed by atoms with Gasteiger partial charge in [-0.15, -0.1) is 0 Å². The Labute approximate surface area is 93.6 Å². The van der Waals surface area contributed by atoms with E-state index in [-0.39, 0.29) is 0 Å². The highest BCUT2D eigenvalue weighted by Gasteiger charge is 2.24. The van der Waals surface area contributed by atoms with Gasteiger partial charge < -0.3 is 15.7 Å². The van der Waals surface area contributed by atoms with E-state index in [0.29, 0.717) is 18.6 Å². The maximum absolute atomic E-state index is 8.69. The molecule has 1 aliphatic heterocycles. The van der Waals surface area contributed by atoms with Crippen LogP contribution in [-0.2, 0) is 0 Å². The Bertz CT molecular complexity index is 164. The summed E-state index contributed by atoms with van der Waals surface area (Å²) in [6.45, 7) is 6.10. The van der Waals surface area contributed by atoms with Gasteiger partial charge in [-0.2, -0.15) is 0 Å². The highest BCUT2D eigenvalue weighted by atomic mass is 16.2. The van der Waals surface area contributed by atoms with Gasteiger partial charge >= 0.3 is 0 Å². The summed E-state index contributed by atoms with van der Waals surface area (Å²) in [4.78, 5) is 2.54. The van der Waals surface area contributed by atoms with Crippen molar-refractivity contribution in [3.8, 4) is 0 Å². The first-order chi connectivity index (χ1) is 7.27. The van der Waals surface area contributed by atoms with Crippen molar-refractivity contribution in [2.75, 3.05) is 26.2 Å². The van der Waals surface area contributed by atoms with Crippen LogP contribution in [0.25, 0.3) is 0 Å². The number of rotatable bonds is 6. The van der Waals surface area contributed by atoms with Gasteiger partial charge in [0.05, 0.1) is 0 Å². The van der Waals surface area contributed by atoms with Crippen molar-refractivity contribution >= 4 is 0 Å². The Kier molecular flexibility index (Phi) is 6.22. The molecule has 2 unspecified atom stereocenters. The molecule has 3 heteroatoms. The highest BCUT2D eigenvalue weighted by Crippen LogP contribution is 2.18. The molecular formula is C12H26N2O. The number of unbranched alkanes of at least 4 members (excludes halogenated alkanes) is 2. The van der Waals surface area contributed by atoms with Gasteiger partial charge in [0.1, 0.15) is 0 Å². The molecule has 0 aromatic carbocycles. The molecule has 3 nitrogen and oxygen atoms in total. The third-order valence-corrected chi connectivity index (χ3v) is 3.53. The maximum Gasteiger partial charge on any atom is 0.0431 e. The predicted octanol–water partition coefficient (Wildman–Crippen LogP) is 1.21. The van der Waals surface area contributed by atoms with Crippen LogP contribution in [0.2, 0.25) is 0 Å². The fourth-order valence-corrected chi connectivity index (χ4v) is 2.38. The number of hydrogen-bond donors (Lipinski definition) is 2. The van der Waals surface area contributed by atoms with Gasteiger partial charge in [-0.3, -0.25) is 0 Å². The van der Waals surface area contributed by atoms with E-state index in [4.69, 9.17) is 10.8 Å². The highest BCUT2D eigenvalue weighted by molar-refractivity contribution is 4.81. The lowest BCUT2D eigenvalue weighted by molar-refractivity contribution is 0.148. The molecule has 15 heavy (non-hydrogen) atoms. The fraction of sp³-hybridized carbons (Fsp3) is 1.00. The average molecular weight is 214 g/mol. The van der Waals surface area contributed by atoms with Gasteiger partial charge in [-0.1, -0.05) is 13.3 Å². The Morgan fingerprint density at radius 3 is 2.80 bits per heavy atom. The van der Waals surface area contributed by atoms with Crippen molar-refractivity contribution in [3.05, 3.63) is 0 Å². The normalized spacial score (nSPS) is 28.2. The van der Waals surface area contributed by atoms with Gasteiger partial charge in [0.25, 0.3) is 0 Å². The molecule has 1 heterocycles. The molecule has 0 bridgehead atoms. The number of aliphatic hydroxyl groups excluding tert-OH is 1. The Balaban J connectivity index is 2.14. The maximum atomic E-state index is 8.69. The van der Waals surface area contributed by atoms with Gasteiger partial charge in [-0.25, -0.2) is 0 Å². The van der Waals surface area contributed by atoms with E-state index in [1.54, 1.807) is 0 Å². The van der Waals surface area contributed by atoms with E-state index in [1.165, 1.54) is 25.9 Å². The zero-order valence-corrected chi connectivity index (χ0v) is 9.99. The van der Waals surface area contributed by atoms with Crippen LogP contribution in [0.4, 0.5) is 0 Å². The summed E-state index contributed by atoms with van der Waals surface area (Å²) >= 11 is 0. The molecule has 1 fully saturated rings. The number of hydrogen-bond acceptors (Lipinski definition) is 3. The summed E-state index contributed by atoms with van der Waals surface area (Å²) < 4.78 is 0. The third-order valence-electron chi connectivity index (χ3n) is 3.53. The first-order valence-electron chi connectivity index (χ1n) is 6.36. The molecular weight excluding hydrogens is 188 g/mol. The molecule has 1 saturated heterocycles. The molecule has 0 saturated carbocycles. The molecule has 1 aliphatic rings. The van der Waals surface area contributed by atoms with Crippen molar-refractivity contribution in [3.63, 3.8) is 0 Å². The SMILES string of the molecule is CCC1CN(CCCCCO)CCC1N. The molecule has 2 atom stereocenters. The minimum Gasteiger partial charge on any atom is -0.396 e. The summed E-state index contributed by atoms with van der Waals surface area (Å²) in [5, 5.41) is 8.69. The van der Waals surface area contributed by atoms with E-state index in [9.17, 15) is 0 Å². The largest absolute Gasteiger partial charge is 0.396 e. The van der Waals surface area contributed by atoms with Crippen LogP contribution in [0.3, 0.4) is 0 Å². The first-order valence-corrected chi connectivity index (χ1v) is 6.36. The quantitative estimate of drug-likeness (QED) is 0.653. The molecule has 90 valence electrons. The molecule has 0 aromatic rings. The summed E-state index contributed by atoms with van der Waals surface area (Å²) in [5.74, 6) is 0.691.